The second kappa shape index (κ2) is 12.0. The molecule has 0 unspecified atom stereocenters. The Morgan fingerprint density at radius 1 is 1.03 bits per heavy atom. The van der Waals surface area contributed by atoms with E-state index in [9.17, 15) is 4.79 Å². The second-order valence-corrected chi connectivity index (χ2v) is 8.94. The number of benzene rings is 3. The number of amides is 1. The van der Waals surface area contributed by atoms with Crippen LogP contribution in [0.15, 0.2) is 103 Å². The molecule has 3 aromatic carbocycles. The molecule has 0 aliphatic carbocycles. The van der Waals surface area contributed by atoms with Crippen LogP contribution >= 0.6 is 11.8 Å². The van der Waals surface area contributed by atoms with Gasteiger partial charge in [-0.25, -0.2) is 0 Å². The minimum absolute atomic E-state index is 0.00392. The van der Waals surface area contributed by atoms with Gasteiger partial charge in [-0.15, -0.1) is 16.8 Å². The van der Waals surface area contributed by atoms with Crippen molar-refractivity contribution >= 4 is 23.4 Å². The first-order chi connectivity index (χ1) is 17.1. The van der Waals surface area contributed by atoms with E-state index >= 15 is 0 Å². The number of hydrogen-bond acceptors (Lipinski definition) is 5. The first kappa shape index (κ1) is 24.3. The third-order valence-electron chi connectivity index (χ3n) is 5.34. The normalized spacial score (nSPS) is 10.7. The lowest BCUT2D eigenvalue weighted by molar-refractivity contribution is -0.116. The molecule has 0 radical (unpaired) electrons. The number of rotatable bonds is 11. The molecule has 0 fully saturated rings. The van der Waals surface area contributed by atoms with Crippen LogP contribution in [-0.4, -0.2) is 26.4 Å². The Hall–Kier alpha value is -3.84. The number of nitrogens with zero attached hydrogens (tertiary/aromatic N) is 4. The van der Waals surface area contributed by atoms with Gasteiger partial charge in [-0.1, -0.05) is 78.5 Å². The number of anilines is 1. The fraction of sp³-hybridized carbons (Fsp3) is 0.179. The smallest absolute Gasteiger partial charge is 0.237 e. The molecule has 0 spiro atoms. The molecule has 6 nitrogen and oxygen atoms in total. The molecule has 7 heteroatoms. The quantitative estimate of drug-likeness (QED) is 0.203. The fourth-order valence-electron chi connectivity index (χ4n) is 3.60. The molecule has 0 saturated heterocycles. The standard InChI is InChI=1S/C28H28N4O2S/c1-3-17-31-26(20-34-25-16-10-11-22(2)18-25)29-30-28(31)35-21-27(33)32(24-14-8-5-9-15-24)19-23-12-6-4-7-13-23/h3-16,18H,1,17,19-21H2,2H3. The molecule has 178 valence electrons. The number of aromatic nitrogens is 3. The summed E-state index contributed by atoms with van der Waals surface area (Å²) in [5.74, 6) is 1.69. The summed E-state index contributed by atoms with van der Waals surface area (Å²) in [6, 6.07) is 27.6. The zero-order valence-electron chi connectivity index (χ0n) is 19.7. The van der Waals surface area contributed by atoms with Crippen molar-refractivity contribution in [3.8, 4) is 5.75 Å². The van der Waals surface area contributed by atoms with Gasteiger partial charge in [0.25, 0.3) is 0 Å². The summed E-state index contributed by atoms with van der Waals surface area (Å²) in [7, 11) is 0. The SMILES string of the molecule is C=CCn1c(COc2cccc(C)c2)nnc1SCC(=O)N(Cc1ccccc1)c1ccccc1. The Morgan fingerprint density at radius 2 is 1.77 bits per heavy atom. The molecule has 0 bridgehead atoms. The molecule has 0 aliphatic heterocycles. The highest BCUT2D eigenvalue weighted by atomic mass is 32.2. The molecular weight excluding hydrogens is 456 g/mol. The highest BCUT2D eigenvalue weighted by Gasteiger charge is 2.19. The molecule has 4 rings (SSSR count). The van der Waals surface area contributed by atoms with Crippen molar-refractivity contribution in [1.82, 2.24) is 14.8 Å². The maximum atomic E-state index is 13.3. The molecule has 35 heavy (non-hydrogen) atoms. The minimum Gasteiger partial charge on any atom is -0.486 e. The monoisotopic (exact) mass is 484 g/mol. The van der Waals surface area contributed by atoms with Crippen LogP contribution in [0.4, 0.5) is 5.69 Å². The van der Waals surface area contributed by atoms with Gasteiger partial charge < -0.3 is 9.64 Å². The number of ether oxygens (including phenoxy) is 1. The minimum atomic E-state index is -0.00392. The highest BCUT2D eigenvalue weighted by Crippen LogP contribution is 2.23. The van der Waals surface area contributed by atoms with E-state index in [-0.39, 0.29) is 18.3 Å². The van der Waals surface area contributed by atoms with Crippen LogP contribution in [-0.2, 0) is 24.5 Å². The first-order valence-corrected chi connectivity index (χ1v) is 12.4. The average molecular weight is 485 g/mol. The Balaban J connectivity index is 1.46. The van der Waals surface area contributed by atoms with Crippen molar-refractivity contribution in [2.75, 3.05) is 10.7 Å². The van der Waals surface area contributed by atoms with Gasteiger partial charge in [-0.2, -0.15) is 0 Å². The lowest BCUT2D eigenvalue weighted by atomic mass is 10.2. The van der Waals surface area contributed by atoms with Crippen molar-refractivity contribution in [3.63, 3.8) is 0 Å². The Labute approximate surface area is 210 Å². The predicted molar refractivity (Wildman–Crippen MR) is 141 cm³/mol. The number of aryl methyl sites for hydroxylation is 1. The van der Waals surface area contributed by atoms with Crippen LogP contribution in [0.25, 0.3) is 0 Å². The summed E-state index contributed by atoms with van der Waals surface area (Å²) < 4.78 is 7.85. The van der Waals surface area contributed by atoms with Gasteiger partial charge in [0.2, 0.25) is 5.91 Å². The predicted octanol–water partition coefficient (Wildman–Crippen LogP) is 5.68. The second-order valence-electron chi connectivity index (χ2n) is 7.99. The van der Waals surface area contributed by atoms with E-state index in [1.54, 1.807) is 11.0 Å². The van der Waals surface area contributed by atoms with Gasteiger partial charge in [0.15, 0.2) is 11.0 Å². The largest absolute Gasteiger partial charge is 0.486 e. The topological polar surface area (TPSA) is 60.2 Å². The Bertz CT molecular complexity index is 1260. The van der Waals surface area contributed by atoms with Crippen LogP contribution in [0.2, 0.25) is 0 Å². The number of thioether (sulfide) groups is 1. The van der Waals surface area contributed by atoms with E-state index in [1.807, 2.05) is 96.4 Å². The lowest BCUT2D eigenvalue weighted by Crippen LogP contribution is -2.32. The molecular formula is C28H28N4O2S. The molecule has 0 aliphatic rings. The van der Waals surface area contributed by atoms with Crippen molar-refractivity contribution in [3.05, 3.63) is 115 Å². The van der Waals surface area contributed by atoms with Gasteiger partial charge in [-0.05, 0) is 42.3 Å². The van der Waals surface area contributed by atoms with Crippen LogP contribution < -0.4 is 9.64 Å². The van der Waals surface area contributed by atoms with Crippen LogP contribution in [0.1, 0.15) is 17.0 Å². The summed E-state index contributed by atoms with van der Waals surface area (Å²) in [4.78, 5) is 15.1. The van der Waals surface area contributed by atoms with E-state index in [2.05, 4.69) is 16.8 Å². The highest BCUT2D eigenvalue weighted by molar-refractivity contribution is 7.99. The van der Waals surface area contributed by atoms with Crippen LogP contribution in [0.3, 0.4) is 0 Å². The molecule has 1 amide bonds. The molecule has 0 N–H and O–H groups in total. The van der Waals surface area contributed by atoms with Crippen molar-refractivity contribution in [2.24, 2.45) is 0 Å². The molecule has 0 saturated carbocycles. The maximum absolute atomic E-state index is 13.3. The van der Waals surface area contributed by atoms with Gasteiger partial charge >= 0.3 is 0 Å². The van der Waals surface area contributed by atoms with E-state index in [0.717, 1.165) is 22.6 Å². The number of carbonyl (C=O) groups excluding carboxylic acids is 1. The van der Waals surface area contributed by atoms with Crippen LogP contribution in [0, 0.1) is 6.92 Å². The summed E-state index contributed by atoms with van der Waals surface area (Å²) in [6.45, 7) is 7.19. The van der Waals surface area contributed by atoms with Crippen LogP contribution in [0.5, 0.6) is 5.75 Å². The number of allylic oxidation sites excluding steroid dienone is 1. The zero-order chi connectivity index (χ0) is 24.5. The molecule has 1 aromatic heterocycles. The van der Waals surface area contributed by atoms with E-state index in [4.69, 9.17) is 4.74 Å². The van der Waals surface area contributed by atoms with E-state index < -0.39 is 0 Å². The van der Waals surface area contributed by atoms with Gasteiger partial charge in [-0.3, -0.25) is 9.36 Å². The van der Waals surface area contributed by atoms with Crippen molar-refractivity contribution in [2.45, 2.75) is 31.8 Å². The molecule has 4 aromatic rings. The molecule has 1 heterocycles. The van der Waals surface area contributed by atoms with E-state index in [1.165, 1.54) is 11.8 Å². The van der Waals surface area contributed by atoms with Crippen molar-refractivity contribution < 1.29 is 9.53 Å². The number of para-hydroxylation sites is 1. The Kier molecular flexibility index (Phi) is 8.35. The summed E-state index contributed by atoms with van der Waals surface area (Å²) in [5.41, 5.74) is 3.06. The maximum Gasteiger partial charge on any atom is 0.237 e. The van der Waals surface area contributed by atoms with Crippen molar-refractivity contribution in [1.29, 1.82) is 0 Å². The van der Waals surface area contributed by atoms with Gasteiger partial charge in [0.05, 0.1) is 12.3 Å². The molecule has 0 atom stereocenters. The average Bonchev–Trinajstić information content (AvgIpc) is 3.27. The third-order valence-corrected chi connectivity index (χ3v) is 6.29. The number of carbonyl (C=O) groups is 1. The first-order valence-electron chi connectivity index (χ1n) is 11.4. The van der Waals surface area contributed by atoms with E-state index in [0.29, 0.717) is 24.1 Å². The summed E-state index contributed by atoms with van der Waals surface area (Å²) in [6.07, 6.45) is 1.79. The van der Waals surface area contributed by atoms with Gasteiger partial charge in [0.1, 0.15) is 12.4 Å². The van der Waals surface area contributed by atoms with Gasteiger partial charge in [0, 0.05) is 12.2 Å². The summed E-state index contributed by atoms with van der Waals surface area (Å²) >= 11 is 1.37. The number of hydrogen-bond donors (Lipinski definition) is 0. The Morgan fingerprint density at radius 3 is 2.49 bits per heavy atom. The lowest BCUT2D eigenvalue weighted by Gasteiger charge is -2.23. The summed E-state index contributed by atoms with van der Waals surface area (Å²) in [5, 5.41) is 9.31. The third kappa shape index (κ3) is 6.61. The zero-order valence-corrected chi connectivity index (χ0v) is 20.5. The fourth-order valence-corrected chi connectivity index (χ4v) is 4.44.